The van der Waals surface area contributed by atoms with Crippen LogP contribution in [0.3, 0.4) is 0 Å². The smallest absolute Gasteiger partial charge is 0.338 e. The second-order valence-electron chi connectivity index (χ2n) is 14.2. The number of esters is 1. The zero-order chi connectivity index (χ0) is 26.4. The van der Waals surface area contributed by atoms with E-state index in [2.05, 4.69) is 40.7 Å². The zero-order valence-electron chi connectivity index (χ0n) is 24.1. The highest BCUT2D eigenvalue weighted by Gasteiger charge is 2.59. The Morgan fingerprint density at radius 2 is 1.76 bits per heavy atom. The average molecular weight is 506 g/mol. The number of hydrogen-bond donors (Lipinski definition) is 1. The molecule has 0 heterocycles. The summed E-state index contributed by atoms with van der Waals surface area (Å²) >= 11 is 0. The molecule has 5 rings (SSSR count). The number of benzene rings is 1. The van der Waals surface area contributed by atoms with E-state index >= 15 is 0 Å². The fraction of sp³-hybridized carbons (Fsp3) is 0.735. The van der Waals surface area contributed by atoms with Crippen molar-refractivity contribution >= 4 is 11.7 Å². The highest BCUT2D eigenvalue weighted by atomic mass is 16.5. The average Bonchev–Trinajstić information content (AvgIpc) is 3.21. The predicted octanol–water partition coefficient (Wildman–Crippen LogP) is 8.84. The Bertz CT molecular complexity index is 996. The minimum atomic E-state index is -0.212. The Hall–Kier alpha value is -1.77. The Balaban J connectivity index is 1.25. The van der Waals surface area contributed by atoms with Crippen LogP contribution in [0.4, 0.5) is 5.69 Å². The van der Waals surface area contributed by atoms with E-state index in [4.69, 9.17) is 10.5 Å². The van der Waals surface area contributed by atoms with Gasteiger partial charge in [0.05, 0.1) is 5.56 Å². The van der Waals surface area contributed by atoms with Crippen LogP contribution in [0.25, 0.3) is 0 Å². The highest BCUT2D eigenvalue weighted by Crippen LogP contribution is 2.67. The van der Waals surface area contributed by atoms with E-state index in [9.17, 15) is 4.79 Å². The van der Waals surface area contributed by atoms with Crippen molar-refractivity contribution in [2.75, 3.05) is 5.73 Å². The van der Waals surface area contributed by atoms with E-state index in [-0.39, 0.29) is 17.5 Å². The van der Waals surface area contributed by atoms with Crippen molar-refractivity contribution in [2.45, 2.75) is 111 Å². The molecule has 0 aromatic heterocycles. The summed E-state index contributed by atoms with van der Waals surface area (Å²) in [5, 5.41) is 0. The lowest BCUT2D eigenvalue weighted by atomic mass is 9.47. The van der Waals surface area contributed by atoms with Crippen molar-refractivity contribution < 1.29 is 9.53 Å². The first-order valence-corrected chi connectivity index (χ1v) is 15.4. The van der Waals surface area contributed by atoms with Crippen LogP contribution in [0, 0.1) is 46.3 Å². The number of nitrogens with two attached hydrogens (primary N) is 1. The van der Waals surface area contributed by atoms with Crippen molar-refractivity contribution in [3.63, 3.8) is 0 Å². The van der Waals surface area contributed by atoms with Crippen molar-refractivity contribution in [3.05, 3.63) is 41.5 Å². The summed E-state index contributed by atoms with van der Waals surface area (Å²) in [6.45, 7) is 12.5. The van der Waals surface area contributed by atoms with Crippen LogP contribution in [0.1, 0.15) is 116 Å². The summed E-state index contributed by atoms with van der Waals surface area (Å²) in [5.41, 5.74) is 9.45. The Labute approximate surface area is 226 Å². The molecule has 8 atom stereocenters. The number of allylic oxidation sites excluding steroid dienone is 1. The van der Waals surface area contributed by atoms with Crippen LogP contribution in [-0.4, -0.2) is 12.1 Å². The number of fused-ring (bicyclic) bond motifs is 5. The number of anilines is 1. The molecule has 0 spiro atoms. The SMILES string of the molecule is CC(C)CCC[C@@H](C)[C@H]1CC[C@H]2[C@@H]3CC=C4C[C@@H](OC(=O)c5ccc(N)cc5)CC[C@]4(C)[C@H]3CC[C@]12C. The van der Waals surface area contributed by atoms with Crippen LogP contribution < -0.4 is 5.73 Å². The molecule has 2 N–H and O–H groups in total. The van der Waals surface area contributed by atoms with Gasteiger partial charge in [0.15, 0.2) is 0 Å². The molecule has 3 fully saturated rings. The number of hydrogen-bond acceptors (Lipinski definition) is 3. The Morgan fingerprint density at radius 3 is 2.49 bits per heavy atom. The molecule has 4 aliphatic rings. The van der Waals surface area contributed by atoms with Gasteiger partial charge in [-0.05, 0) is 116 Å². The van der Waals surface area contributed by atoms with Gasteiger partial charge in [0, 0.05) is 12.1 Å². The lowest BCUT2D eigenvalue weighted by Gasteiger charge is -2.58. The van der Waals surface area contributed by atoms with Crippen molar-refractivity contribution in [3.8, 4) is 0 Å². The molecule has 0 unspecified atom stereocenters. The van der Waals surface area contributed by atoms with Crippen LogP contribution in [0.5, 0.6) is 0 Å². The molecule has 3 heteroatoms. The second-order valence-corrected chi connectivity index (χ2v) is 14.2. The topological polar surface area (TPSA) is 52.3 Å². The zero-order valence-corrected chi connectivity index (χ0v) is 24.1. The standard InChI is InChI=1S/C34H51NO2/c1-22(2)7-6-8-23(3)29-15-16-30-28-14-11-25-21-27(37-32(36)24-9-12-26(35)13-10-24)17-19-33(25,4)31(28)18-20-34(29,30)5/h9-13,22-23,27-31H,6-8,14-21,35H2,1-5H3/t23-,27+,28+,29-,30+,31+,33+,34-/m1/s1. The van der Waals surface area contributed by atoms with Gasteiger partial charge in [-0.1, -0.05) is 65.5 Å². The van der Waals surface area contributed by atoms with Gasteiger partial charge in [0.2, 0.25) is 0 Å². The maximum Gasteiger partial charge on any atom is 0.338 e. The quantitative estimate of drug-likeness (QED) is 0.229. The third kappa shape index (κ3) is 5.01. The molecule has 0 bridgehead atoms. The van der Waals surface area contributed by atoms with Crippen molar-refractivity contribution in [1.29, 1.82) is 0 Å². The molecule has 3 saturated carbocycles. The first-order valence-electron chi connectivity index (χ1n) is 15.4. The van der Waals surface area contributed by atoms with Gasteiger partial charge in [-0.15, -0.1) is 0 Å². The van der Waals surface area contributed by atoms with Gasteiger partial charge < -0.3 is 10.5 Å². The molecular formula is C34H51NO2. The van der Waals surface area contributed by atoms with Gasteiger partial charge in [-0.2, -0.15) is 0 Å². The normalized spacial score (nSPS) is 37.8. The molecule has 37 heavy (non-hydrogen) atoms. The molecule has 0 amide bonds. The van der Waals surface area contributed by atoms with Gasteiger partial charge in [-0.25, -0.2) is 4.79 Å². The summed E-state index contributed by atoms with van der Waals surface area (Å²) in [6.07, 6.45) is 16.8. The summed E-state index contributed by atoms with van der Waals surface area (Å²) < 4.78 is 6.00. The second kappa shape index (κ2) is 10.4. The number of carbonyl (C=O) groups is 1. The molecule has 0 radical (unpaired) electrons. The first kappa shape index (κ1) is 26.8. The maximum absolute atomic E-state index is 12.8. The van der Waals surface area contributed by atoms with Gasteiger partial charge in [0.25, 0.3) is 0 Å². The summed E-state index contributed by atoms with van der Waals surface area (Å²) in [7, 11) is 0. The Morgan fingerprint density at radius 1 is 1.00 bits per heavy atom. The fourth-order valence-electron chi connectivity index (χ4n) is 9.59. The minimum Gasteiger partial charge on any atom is -0.458 e. The largest absolute Gasteiger partial charge is 0.458 e. The maximum atomic E-state index is 12.8. The molecule has 204 valence electrons. The van der Waals surface area contributed by atoms with Gasteiger partial charge in [-0.3, -0.25) is 0 Å². The summed E-state index contributed by atoms with van der Waals surface area (Å²) in [4.78, 5) is 12.8. The highest BCUT2D eigenvalue weighted by molar-refractivity contribution is 5.89. The van der Waals surface area contributed by atoms with Gasteiger partial charge in [0.1, 0.15) is 6.10 Å². The molecule has 0 aliphatic heterocycles. The van der Waals surface area contributed by atoms with E-state index in [1.54, 1.807) is 29.8 Å². The Kier molecular flexibility index (Phi) is 7.55. The van der Waals surface area contributed by atoms with Crippen LogP contribution >= 0.6 is 0 Å². The first-order chi connectivity index (χ1) is 17.6. The number of ether oxygens (including phenoxy) is 1. The van der Waals surface area contributed by atoms with E-state index < -0.39 is 0 Å². The monoisotopic (exact) mass is 505 g/mol. The van der Waals surface area contributed by atoms with Crippen LogP contribution in [-0.2, 0) is 4.74 Å². The third-order valence-electron chi connectivity index (χ3n) is 11.7. The molecular weight excluding hydrogens is 454 g/mol. The van der Waals surface area contributed by atoms with E-state index in [0.29, 0.717) is 16.7 Å². The van der Waals surface area contributed by atoms with Crippen molar-refractivity contribution in [1.82, 2.24) is 0 Å². The number of rotatable bonds is 7. The number of carbonyl (C=O) groups excluding carboxylic acids is 1. The lowest BCUT2D eigenvalue weighted by Crippen LogP contribution is -2.51. The molecule has 1 aromatic rings. The van der Waals surface area contributed by atoms with E-state index in [0.717, 1.165) is 54.8 Å². The lowest BCUT2D eigenvalue weighted by molar-refractivity contribution is -0.0594. The van der Waals surface area contributed by atoms with Gasteiger partial charge >= 0.3 is 5.97 Å². The van der Waals surface area contributed by atoms with E-state index in [1.807, 2.05) is 0 Å². The van der Waals surface area contributed by atoms with Crippen molar-refractivity contribution in [2.24, 2.45) is 46.3 Å². The fourth-order valence-corrected chi connectivity index (χ4v) is 9.59. The number of nitrogen functional groups attached to an aromatic ring is 1. The minimum absolute atomic E-state index is 0.00247. The molecule has 3 nitrogen and oxygen atoms in total. The van der Waals surface area contributed by atoms with E-state index in [1.165, 1.54) is 51.4 Å². The summed E-state index contributed by atoms with van der Waals surface area (Å²) in [5.74, 6) is 4.92. The summed E-state index contributed by atoms with van der Waals surface area (Å²) in [6, 6.07) is 7.09. The van der Waals surface area contributed by atoms with Crippen LogP contribution in [0.15, 0.2) is 35.9 Å². The third-order valence-corrected chi connectivity index (χ3v) is 11.7. The molecule has 4 aliphatic carbocycles. The molecule has 1 aromatic carbocycles. The van der Waals surface area contributed by atoms with Crippen LogP contribution in [0.2, 0.25) is 0 Å². The predicted molar refractivity (Wildman–Crippen MR) is 153 cm³/mol. The molecule has 0 saturated heterocycles.